The molecule has 0 bridgehead atoms. The molecule has 0 fully saturated rings. The number of benzene rings is 1. The molecule has 16 heavy (non-hydrogen) atoms. The van der Waals surface area contributed by atoms with E-state index < -0.39 is 4.92 Å². The van der Waals surface area contributed by atoms with Crippen molar-refractivity contribution >= 4 is 17.5 Å². The van der Waals surface area contributed by atoms with Crippen molar-refractivity contribution in [1.82, 2.24) is 0 Å². The number of hydrogen-bond donors (Lipinski definition) is 0. The topological polar surface area (TPSA) is 72.6 Å². The minimum absolute atomic E-state index is 0.0352. The van der Waals surface area contributed by atoms with Gasteiger partial charge in [0.1, 0.15) is 0 Å². The Morgan fingerprint density at radius 1 is 1.38 bits per heavy atom. The molecule has 0 aliphatic heterocycles. The molecule has 5 heteroatoms. The molecule has 1 aromatic carbocycles. The highest BCUT2D eigenvalue weighted by Crippen LogP contribution is 2.32. The SMILES string of the molecule is CC(C)(C)c1ccc(N=C=O)c([N+](=O)[O-])c1. The fraction of sp³-hybridized carbons (Fsp3) is 0.364. The highest BCUT2D eigenvalue weighted by Gasteiger charge is 2.20. The summed E-state index contributed by atoms with van der Waals surface area (Å²) < 4.78 is 0. The Kier molecular flexibility index (Phi) is 3.20. The summed E-state index contributed by atoms with van der Waals surface area (Å²) in [4.78, 5) is 23.7. The van der Waals surface area contributed by atoms with Crippen molar-refractivity contribution < 1.29 is 9.72 Å². The summed E-state index contributed by atoms with van der Waals surface area (Å²) in [5, 5.41) is 10.8. The Hall–Kier alpha value is -2.00. The first-order valence-corrected chi connectivity index (χ1v) is 4.73. The number of nitrogens with zero attached hydrogens (tertiary/aromatic N) is 2. The van der Waals surface area contributed by atoms with E-state index in [-0.39, 0.29) is 16.8 Å². The van der Waals surface area contributed by atoms with Crippen LogP contribution < -0.4 is 0 Å². The highest BCUT2D eigenvalue weighted by atomic mass is 16.6. The fourth-order valence-corrected chi connectivity index (χ4v) is 1.28. The lowest BCUT2D eigenvalue weighted by atomic mass is 9.87. The molecule has 0 radical (unpaired) electrons. The number of hydrogen-bond acceptors (Lipinski definition) is 4. The van der Waals surface area contributed by atoms with Crippen LogP contribution in [-0.4, -0.2) is 11.0 Å². The average Bonchev–Trinajstić information content (AvgIpc) is 2.16. The van der Waals surface area contributed by atoms with E-state index in [9.17, 15) is 14.9 Å². The Bertz CT molecular complexity index is 469. The smallest absolute Gasteiger partial charge is 0.258 e. The summed E-state index contributed by atoms with van der Waals surface area (Å²) in [6, 6.07) is 4.63. The summed E-state index contributed by atoms with van der Waals surface area (Å²) in [6.07, 6.45) is 1.31. The highest BCUT2D eigenvalue weighted by molar-refractivity contribution is 5.63. The summed E-state index contributed by atoms with van der Waals surface area (Å²) in [5.41, 5.74) is 0.501. The molecule has 1 aromatic rings. The van der Waals surface area contributed by atoms with Crippen LogP contribution in [0.4, 0.5) is 11.4 Å². The van der Waals surface area contributed by atoms with Gasteiger partial charge in [0, 0.05) is 6.07 Å². The summed E-state index contributed by atoms with van der Waals surface area (Å²) in [7, 11) is 0. The molecule has 84 valence electrons. The van der Waals surface area contributed by atoms with Crippen LogP contribution in [0.5, 0.6) is 0 Å². The van der Waals surface area contributed by atoms with Gasteiger partial charge in [-0.2, -0.15) is 4.99 Å². The predicted molar refractivity (Wildman–Crippen MR) is 59.6 cm³/mol. The normalized spacial score (nSPS) is 10.7. The van der Waals surface area contributed by atoms with Gasteiger partial charge in [0.15, 0.2) is 5.69 Å². The van der Waals surface area contributed by atoms with E-state index in [1.165, 1.54) is 18.2 Å². The summed E-state index contributed by atoms with van der Waals surface area (Å²) >= 11 is 0. The van der Waals surface area contributed by atoms with E-state index in [2.05, 4.69) is 4.99 Å². The van der Waals surface area contributed by atoms with Crippen molar-refractivity contribution in [3.63, 3.8) is 0 Å². The van der Waals surface area contributed by atoms with Crippen molar-refractivity contribution in [3.05, 3.63) is 33.9 Å². The summed E-state index contributed by atoms with van der Waals surface area (Å²) in [5.74, 6) is 0. The minimum Gasteiger partial charge on any atom is -0.258 e. The lowest BCUT2D eigenvalue weighted by Crippen LogP contribution is -2.11. The molecule has 0 aliphatic carbocycles. The lowest BCUT2D eigenvalue weighted by molar-refractivity contribution is -0.384. The number of aliphatic imine (C=N–C) groups is 1. The molecule has 0 heterocycles. The molecule has 0 aliphatic rings. The zero-order valence-corrected chi connectivity index (χ0v) is 9.35. The first-order chi connectivity index (χ1) is 7.36. The molecule has 0 saturated carbocycles. The number of rotatable bonds is 2. The van der Waals surface area contributed by atoms with Crippen molar-refractivity contribution in [2.45, 2.75) is 26.2 Å². The zero-order valence-electron chi connectivity index (χ0n) is 9.35. The first kappa shape index (κ1) is 12.1. The van der Waals surface area contributed by atoms with E-state index in [1.54, 1.807) is 6.07 Å². The number of carbonyl (C=O) groups excluding carboxylic acids is 1. The predicted octanol–water partition coefficient (Wildman–Crippen LogP) is 2.86. The van der Waals surface area contributed by atoms with Crippen molar-refractivity contribution in [2.24, 2.45) is 4.99 Å². The maximum atomic E-state index is 10.8. The van der Waals surface area contributed by atoms with E-state index in [1.807, 2.05) is 20.8 Å². The van der Waals surface area contributed by atoms with E-state index in [0.717, 1.165) is 5.56 Å². The van der Waals surface area contributed by atoms with Gasteiger partial charge >= 0.3 is 0 Å². The quantitative estimate of drug-likeness (QED) is 0.333. The van der Waals surface area contributed by atoms with Crippen molar-refractivity contribution in [2.75, 3.05) is 0 Å². The molecule has 1 rings (SSSR count). The molecule has 0 spiro atoms. The molecule has 5 nitrogen and oxygen atoms in total. The van der Waals surface area contributed by atoms with Crippen LogP contribution in [0.25, 0.3) is 0 Å². The molecule has 0 amide bonds. The standard InChI is InChI=1S/C11H12N2O3/c1-11(2,3)8-4-5-9(12-7-14)10(6-8)13(15)16/h4-6H,1-3H3. The first-order valence-electron chi connectivity index (χ1n) is 4.73. The second kappa shape index (κ2) is 4.24. The van der Waals surface area contributed by atoms with Gasteiger partial charge in [-0.25, -0.2) is 4.79 Å². The van der Waals surface area contributed by atoms with Gasteiger partial charge in [-0.1, -0.05) is 26.8 Å². The molecular weight excluding hydrogens is 208 g/mol. The van der Waals surface area contributed by atoms with Crippen LogP contribution >= 0.6 is 0 Å². The Balaban J connectivity index is 3.39. The largest absolute Gasteiger partial charge is 0.296 e. The third-order valence-corrected chi connectivity index (χ3v) is 2.20. The van der Waals surface area contributed by atoms with Gasteiger partial charge in [0.25, 0.3) is 5.69 Å². The van der Waals surface area contributed by atoms with E-state index >= 15 is 0 Å². The van der Waals surface area contributed by atoms with Gasteiger partial charge in [-0.15, -0.1) is 0 Å². The molecule has 0 unspecified atom stereocenters. The Labute approximate surface area is 93.0 Å². The monoisotopic (exact) mass is 220 g/mol. The second-order valence-corrected chi connectivity index (χ2v) is 4.41. The summed E-state index contributed by atoms with van der Waals surface area (Å²) in [6.45, 7) is 5.86. The molecule has 0 atom stereocenters. The van der Waals surface area contributed by atoms with Crippen molar-refractivity contribution in [3.8, 4) is 0 Å². The van der Waals surface area contributed by atoms with Crippen LogP contribution in [0, 0.1) is 10.1 Å². The minimum atomic E-state index is -0.550. The lowest BCUT2D eigenvalue weighted by Gasteiger charge is -2.18. The Morgan fingerprint density at radius 3 is 2.44 bits per heavy atom. The second-order valence-electron chi connectivity index (χ2n) is 4.41. The molecular formula is C11H12N2O3. The molecule has 0 N–H and O–H groups in total. The van der Waals surface area contributed by atoms with Gasteiger partial charge in [0.2, 0.25) is 6.08 Å². The van der Waals surface area contributed by atoms with E-state index in [4.69, 9.17) is 0 Å². The number of nitro benzene ring substituents is 1. The fourth-order valence-electron chi connectivity index (χ4n) is 1.28. The van der Waals surface area contributed by atoms with Gasteiger partial charge in [-0.05, 0) is 17.0 Å². The average molecular weight is 220 g/mol. The van der Waals surface area contributed by atoms with Crippen LogP contribution in [0.3, 0.4) is 0 Å². The third kappa shape index (κ3) is 2.52. The van der Waals surface area contributed by atoms with Gasteiger partial charge in [0.05, 0.1) is 4.92 Å². The zero-order chi connectivity index (χ0) is 12.3. The Morgan fingerprint density at radius 2 is 2.00 bits per heavy atom. The van der Waals surface area contributed by atoms with Gasteiger partial charge < -0.3 is 0 Å². The van der Waals surface area contributed by atoms with Crippen LogP contribution in [-0.2, 0) is 10.2 Å². The van der Waals surface area contributed by atoms with Crippen LogP contribution in [0.1, 0.15) is 26.3 Å². The maximum Gasteiger partial charge on any atom is 0.296 e. The molecule has 0 saturated heterocycles. The van der Waals surface area contributed by atoms with Crippen LogP contribution in [0.2, 0.25) is 0 Å². The van der Waals surface area contributed by atoms with Crippen molar-refractivity contribution in [1.29, 1.82) is 0 Å². The number of isocyanates is 1. The third-order valence-electron chi connectivity index (χ3n) is 2.20. The molecule has 0 aromatic heterocycles. The maximum absolute atomic E-state index is 10.8. The van der Waals surface area contributed by atoms with Crippen LogP contribution in [0.15, 0.2) is 23.2 Å². The number of nitro groups is 1. The van der Waals surface area contributed by atoms with Gasteiger partial charge in [-0.3, -0.25) is 10.1 Å². The van der Waals surface area contributed by atoms with E-state index in [0.29, 0.717) is 0 Å².